The van der Waals surface area contributed by atoms with Crippen LogP contribution in [0.25, 0.3) is 0 Å². The molecule has 1 aromatic carbocycles. The van der Waals surface area contributed by atoms with Crippen LogP contribution in [-0.2, 0) is 4.74 Å². The number of hydrogen-bond donors (Lipinski definition) is 2. The first-order valence-electron chi connectivity index (χ1n) is 7.61. The molecule has 0 saturated carbocycles. The van der Waals surface area contributed by atoms with Gasteiger partial charge >= 0.3 is 6.03 Å². The lowest BCUT2D eigenvalue weighted by molar-refractivity contribution is 0.159. The van der Waals surface area contributed by atoms with Crippen LogP contribution in [0.15, 0.2) is 18.2 Å². The number of carbonyl (C=O) groups excluding carboxylic acids is 1. The standard InChI is InChI=1S/C16H24FN3O2/c1-12-3-4-14(17)15(9-12)19-16(21)18-10-13-5-6-20(11-13)7-8-22-2/h3-4,9,13H,5-8,10-11H2,1-2H3,(H2,18,19,21). The Balaban J connectivity index is 1.73. The first kappa shape index (κ1) is 16.7. The average molecular weight is 309 g/mol. The summed E-state index contributed by atoms with van der Waals surface area (Å²) in [5.41, 5.74) is 1.12. The fraction of sp³-hybridized carbons (Fsp3) is 0.562. The molecule has 5 nitrogen and oxygen atoms in total. The van der Waals surface area contributed by atoms with Gasteiger partial charge in [0, 0.05) is 26.7 Å². The number of hydrogen-bond acceptors (Lipinski definition) is 3. The van der Waals surface area contributed by atoms with Gasteiger partial charge in [0.15, 0.2) is 0 Å². The number of benzene rings is 1. The van der Waals surface area contributed by atoms with E-state index < -0.39 is 5.82 Å². The summed E-state index contributed by atoms with van der Waals surface area (Å²) in [4.78, 5) is 14.2. The second-order valence-electron chi connectivity index (χ2n) is 5.77. The number of rotatable bonds is 6. The lowest BCUT2D eigenvalue weighted by Crippen LogP contribution is -2.34. The molecule has 0 radical (unpaired) electrons. The maximum Gasteiger partial charge on any atom is 0.319 e. The molecular formula is C16H24FN3O2. The van der Waals surface area contributed by atoms with Gasteiger partial charge in [0.25, 0.3) is 0 Å². The van der Waals surface area contributed by atoms with Crippen molar-refractivity contribution in [1.29, 1.82) is 0 Å². The van der Waals surface area contributed by atoms with Gasteiger partial charge in [-0.1, -0.05) is 6.07 Å². The van der Waals surface area contributed by atoms with Crippen molar-refractivity contribution in [3.8, 4) is 0 Å². The van der Waals surface area contributed by atoms with Crippen molar-refractivity contribution in [2.24, 2.45) is 5.92 Å². The average Bonchev–Trinajstić information content (AvgIpc) is 2.95. The lowest BCUT2D eigenvalue weighted by Gasteiger charge is -2.16. The number of carbonyl (C=O) groups is 1. The molecule has 0 aliphatic carbocycles. The topological polar surface area (TPSA) is 53.6 Å². The molecule has 2 N–H and O–H groups in total. The van der Waals surface area contributed by atoms with Gasteiger partial charge in [-0.25, -0.2) is 9.18 Å². The van der Waals surface area contributed by atoms with Crippen molar-refractivity contribution in [2.75, 3.05) is 45.2 Å². The second kappa shape index (κ2) is 8.10. The van der Waals surface area contributed by atoms with E-state index >= 15 is 0 Å². The van der Waals surface area contributed by atoms with Crippen LogP contribution in [0, 0.1) is 18.7 Å². The highest BCUT2D eigenvalue weighted by Gasteiger charge is 2.22. The molecule has 1 unspecified atom stereocenters. The molecule has 0 spiro atoms. The predicted octanol–water partition coefficient (Wildman–Crippen LogP) is 2.22. The summed E-state index contributed by atoms with van der Waals surface area (Å²) in [5, 5.41) is 5.38. The van der Waals surface area contributed by atoms with Gasteiger partial charge in [0.1, 0.15) is 5.82 Å². The molecule has 0 bridgehead atoms. The largest absolute Gasteiger partial charge is 0.383 e. The van der Waals surface area contributed by atoms with Crippen LogP contribution in [-0.4, -0.2) is 50.8 Å². The first-order chi connectivity index (χ1) is 10.6. The number of anilines is 1. The zero-order chi connectivity index (χ0) is 15.9. The van der Waals surface area contributed by atoms with Crippen LogP contribution in [0.3, 0.4) is 0 Å². The molecule has 1 heterocycles. The van der Waals surface area contributed by atoms with Crippen molar-refractivity contribution in [3.05, 3.63) is 29.6 Å². The zero-order valence-electron chi connectivity index (χ0n) is 13.2. The van der Waals surface area contributed by atoms with E-state index in [0.717, 1.165) is 38.2 Å². The van der Waals surface area contributed by atoms with Crippen molar-refractivity contribution in [1.82, 2.24) is 10.2 Å². The SMILES string of the molecule is COCCN1CCC(CNC(=O)Nc2cc(C)ccc2F)C1. The summed E-state index contributed by atoms with van der Waals surface area (Å²) in [6.07, 6.45) is 1.06. The van der Waals surface area contributed by atoms with Crippen LogP contribution >= 0.6 is 0 Å². The summed E-state index contributed by atoms with van der Waals surface area (Å²) in [5.74, 6) is 0.0114. The van der Waals surface area contributed by atoms with Gasteiger partial charge < -0.3 is 20.3 Å². The zero-order valence-corrected chi connectivity index (χ0v) is 13.2. The van der Waals surface area contributed by atoms with Crippen LogP contribution in [0.5, 0.6) is 0 Å². The summed E-state index contributed by atoms with van der Waals surface area (Å²) >= 11 is 0. The number of methoxy groups -OCH3 is 1. The number of halogens is 1. The highest BCUT2D eigenvalue weighted by molar-refractivity contribution is 5.89. The molecule has 0 aromatic heterocycles. The van der Waals surface area contributed by atoms with Crippen LogP contribution in [0.1, 0.15) is 12.0 Å². The Morgan fingerprint density at radius 3 is 3.09 bits per heavy atom. The van der Waals surface area contributed by atoms with Crippen molar-refractivity contribution >= 4 is 11.7 Å². The Hall–Kier alpha value is -1.66. The number of urea groups is 1. The minimum absolute atomic E-state index is 0.214. The minimum Gasteiger partial charge on any atom is -0.383 e. The molecule has 6 heteroatoms. The molecule has 122 valence electrons. The maximum atomic E-state index is 13.6. The van der Waals surface area contributed by atoms with Crippen molar-refractivity contribution < 1.29 is 13.9 Å². The Morgan fingerprint density at radius 1 is 1.50 bits per heavy atom. The summed E-state index contributed by atoms with van der Waals surface area (Å²) in [6, 6.07) is 4.29. The first-order valence-corrected chi connectivity index (χ1v) is 7.61. The molecule has 2 amide bonds. The number of amides is 2. The maximum absolute atomic E-state index is 13.6. The fourth-order valence-electron chi connectivity index (χ4n) is 2.64. The number of nitrogens with one attached hydrogen (secondary N) is 2. The molecule has 2 rings (SSSR count). The van der Waals surface area contributed by atoms with E-state index in [-0.39, 0.29) is 11.7 Å². The minimum atomic E-state index is -0.424. The van der Waals surface area contributed by atoms with Gasteiger partial charge in [-0.2, -0.15) is 0 Å². The Morgan fingerprint density at radius 2 is 2.32 bits per heavy atom. The molecule has 1 fully saturated rings. The third-order valence-electron chi connectivity index (χ3n) is 3.90. The molecule has 1 aliphatic rings. The number of likely N-dealkylation sites (tertiary alicyclic amines) is 1. The van der Waals surface area contributed by atoms with E-state index in [0.29, 0.717) is 12.5 Å². The molecule has 22 heavy (non-hydrogen) atoms. The summed E-state index contributed by atoms with van der Waals surface area (Å²) < 4.78 is 18.6. The van der Waals surface area contributed by atoms with E-state index in [4.69, 9.17) is 4.74 Å². The smallest absolute Gasteiger partial charge is 0.319 e. The molecule has 1 saturated heterocycles. The van der Waals surface area contributed by atoms with Gasteiger partial charge in [-0.15, -0.1) is 0 Å². The normalized spacial score (nSPS) is 18.4. The van der Waals surface area contributed by atoms with Gasteiger partial charge in [0.05, 0.1) is 12.3 Å². The van der Waals surface area contributed by atoms with Crippen LogP contribution in [0.4, 0.5) is 14.9 Å². The monoisotopic (exact) mass is 309 g/mol. The molecule has 1 aliphatic heterocycles. The molecule has 1 atom stereocenters. The Kier molecular flexibility index (Phi) is 6.15. The van der Waals surface area contributed by atoms with Crippen molar-refractivity contribution in [2.45, 2.75) is 13.3 Å². The Labute approximate surface area is 130 Å². The quantitative estimate of drug-likeness (QED) is 0.847. The van der Waals surface area contributed by atoms with E-state index in [2.05, 4.69) is 15.5 Å². The highest BCUT2D eigenvalue weighted by Crippen LogP contribution is 2.16. The van der Waals surface area contributed by atoms with Gasteiger partial charge in [0.2, 0.25) is 0 Å². The van der Waals surface area contributed by atoms with E-state index in [9.17, 15) is 9.18 Å². The molecule has 1 aromatic rings. The summed E-state index contributed by atoms with van der Waals surface area (Å²) in [6.45, 7) is 6.10. The van der Waals surface area contributed by atoms with E-state index in [1.165, 1.54) is 6.07 Å². The van der Waals surface area contributed by atoms with Gasteiger partial charge in [-0.05, 0) is 43.5 Å². The van der Waals surface area contributed by atoms with Crippen LogP contribution in [0.2, 0.25) is 0 Å². The van der Waals surface area contributed by atoms with Crippen molar-refractivity contribution in [3.63, 3.8) is 0 Å². The summed E-state index contributed by atoms with van der Waals surface area (Å²) in [7, 11) is 1.70. The van der Waals surface area contributed by atoms with E-state index in [1.54, 1.807) is 19.2 Å². The number of aryl methyl sites for hydroxylation is 1. The third-order valence-corrected chi connectivity index (χ3v) is 3.90. The van der Waals surface area contributed by atoms with E-state index in [1.807, 2.05) is 6.92 Å². The molecular weight excluding hydrogens is 285 g/mol. The second-order valence-corrected chi connectivity index (χ2v) is 5.77. The number of ether oxygens (including phenoxy) is 1. The predicted molar refractivity (Wildman–Crippen MR) is 84.6 cm³/mol. The lowest BCUT2D eigenvalue weighted by atomic mass is 10.1. The number of nitrogens with zero attached hydrogens (tertiary/aromatic N) is 1. The van der Waals surface area contributed by atoms with Gasteiger partial charge in [-0.3, -0.25) is 0 Å². The fourth-order valence-corrected chi connectivity index (χ4v) is 2.64. The Bertz CT molecular complexity index is 510. The van der Waals surface area contributed by atoms with Crippen LogP contribution < -0.4 is 10.6 Å². The third kappa shape index (κ3) is 4.96. The highest BCUT2D eigenvalue weighted by atomic mass is 19.1.